The molecule has 1 saturated carbocycles. The average Bonchev–Trinajstić information content (AvgIpc) is 3.40. The Balaban J connectivity index is 1.79. The molecular weight excluding hydrogens is 438 g/mol. The van der Waals surface area contributed by atoms with Gasteiger partial charge in [-0.25, -0.2) is 18.4 Å². The second kappa shape index (κ2) is 7.86. The number of aromatic nitrogens is 2. The van der Waals surface area contributed by atoms with Crippen LogP contribution in [-0.2, 0) is 21.4 Å². The van der Waals surface area contributed by atoms with Crippen LogP contribution in [0.5, 0.6) is 0 Å². The number of carbonyl (C=O) groups excluding carboxylic acids is 2. The van der Waals surface area contributed by atoms with E-state index in [4.69, 9.17) is 0 Å². The Bertz CT molecular complexity index is 1170. The van der Waals surface area contributed by atoms with Gasteiger partial charge in [-0.1, -0.05) is 11.3 Å². The predicted octanol–water partition coefficient (Wildman–Crippen LogP) is 2.99. The molecule has 0 saturated heterocycles. The number of nitrogens with zero attached hydrogens (tertiary/aromatic N) is 3. The van der Waals surface area contributed by atoms with Crippen molar-refractivity contribution in [3.05, 3.63) is 22.9 Å². The number of amides is 2. The SMILES string of the molecule is CCS(=O)(=O)Nc1nc(-c2sc(NC(C)=O)nc2C)cc2c1C(=O)N([C@H](C)C1CC1)C2. The quantitative estimate of drug-likeness (QED) is 0.651. The molecule has 1 fully saturated rings. The molecule has 2 aromatic heterocycles. The Hall–Kier alpha value is -2.53. The van der Waals surface area contributed by atoms with Gasteiger partial charge in [0.05, 0.1) is 27.6 Å². The first-order chi connectivity index (χ1) is 14.6. The number of anilines is 2. The minimum absolute atomic E-state index is 0.0544. The molecule has 3 heterocycles. The van der Waals surface area contributed by atoms with Crippen LogP contribution < -0.4 is 10.0 Å². The largest absolute Gasteiger partial charge is 0.331 e. The molecule has 0 radical (unpaired) electrons. The van der Waals surface area contributed by atoms with Crippen LogP contribution in [0.25, 0.3) is 10.6 Å². The second-order valence-corrected chi connectivity index (χ2v) is 11.0. The lowest BCUT2D eigenvalue weighted by Crippen LogP contribution is -2.35. The number of hydrogen-bond acceptors (Lipinski definition) is 7. The van der Waals surface area contributed by atoms with Gasteiger partial charge in [-0.05, 0) is 51.2 Å². The Morgan fingerprint density at radius 3 is 2.68 bits per heavy atom. The van der Waals surface area contributed by atoms with Crippen molar-refractivity contribution in [3.63, 3.8) is 0 Å². The topological polar surface area (TPSA) is 121 Å². The van der Waals surface area contributed by atoms with Gasteiger partial charge in [0.25, 0.3) is 5.91 Å². The molecule has 2 aromatic rings. The van der Waals surface area contributed by atoms with Crippen molar-refractivity contribution in [2.45, 2.75) is 53.1 Å². The molecule has 0 unspecified atom stereocenters. The number of thiazole rings is 1. The highest BCUT2D eigenvalue weighted by Crippen LogP contribution is 2.41. The number of sulfonamides is 1. The molecule has 11 heteroatoms. The summed E-state index contributed by atoms with van der Waals surface area (Å²) in [5.41, 5.74) is 2.24. The molecule has 1 aliphatic heterocycles. The molecular formula is C20H25N5O4S2. The molecule has 0 bridgehead atoms. The Kier molecular flexibility index (Phi) is 5.50. The highest BCUT2D eigenvalue weighted by Gasteiger charge is 2.40. The molecule has 166 valence electrons. The Labute approximate surface area is 185 Å². The summed E-state index contributed by atoms with van der Waals surface area (Å²) in [7, 11) is -3.63. The zero-order valence-electron chi connectivity index (χ0n) is 17.9. The van der Waals surface area contributed by atoms with Crippen molar-refractivity contribution in [2.75, 3.05) is 15.8 Å². The van der Waals surface area contributed by atoms with Crippen molar-refractivity contribution in [1.29, 1.82) is 0 Å². The second-order valence-electron chi connectivity index (χ2n) is 8.02. The third kappa shape index (κ3) is 4.29. The highest BCUT2D eigenvalue weighted by molar-refractivity contribution is 7.92. The van der Waals surface area contributed by atoms with Crippen LogP contribution in [-0.4, -0.2) is 46.9 Å². The van der Waals surface area contributed by atoms with Gasteiger partial charge in [0.2, 0.25) is 15.9 Å². The van der Waals surface area contributed by atoms with E-state index in [-0.39, 0.29) is 29.4 Å². The first kappa shape index (κ1) is 21.7. The summed E-state index contributed by atoms with van der Waals surface area (Å²) in [6.45, 7) is 7.19. The number of nitrogens with one attached hydrogen (secondary N) is 2. The van der Waals surface area contributed by atoms with E-state index in [0.717, 1.165) is 18.4 Å². The van der Waals surface area contributed by atoms with Gasteiger partial charge in [-0.3, -0.25) is 14.3 Å². The van der Waals surface area contributed by atoms with E-state index in [2.05, 4.69) is 20.0 Å². The monoisotopic (exact) mass is 463 g/mol. The fraction of sp³-hybridized carbons (Fsp3) is 0.500. The molecule has 31 heavy (non-hydrogen) atoms. The highest BCUT2D eigenvalue weighted by atomic mass is 32.2. The summed E-state index contributed by atoms with van der Waals surface area (Å²) < 4.78 is 27.1. The van der Waals surface area contributed by atoms with Gasteiger partial charge in [-0.15, -0.1) is 0 Å². The first-order valence-corrected chi connectivity index (χ1v) is 12.7. The van der Waals surface area contributed by atoms with E-state index in [9.17, 15) is 18.0 Å². The van der Waals surface area contributed by atoms with Crippen molar-refractivity contribution in [1.82, 2.24) is 14.9 Å². The lowest BCUT2D eigenvalue weighted by atomic mass is 10.1. The molecule has 4 rings (SSSR count). The smallest absolute Gasteiger partial charge is 0.258 e. The number of aryl methyl sites for hydroxylation is 1. The molecule has 1 atom stereocenters. The van der Waals surface area contributed by atoms with Crippen LogP contribution in [0.3, 0.4) is 0 Å². The van der Waals surface area contributed by atoms with E-state index in [1.165, 1.54) is 25.2 Å². The summed E-state index contributed by atoms with van der Waals surface area (Å²) in [5, 5.41) is 3.11. The van der Waals surface area contributed by atoms with Crippen LogP contribution >= 0.6 is 11.3 Å². The summed E-state index contributed by atoms with van der Waals surface area (Å²) in [6, 6.07) is 1.92. The molecule has 9 nitrogen and oxygen atoms in total. The standard InChI is InChI=1S/C20H25N5O4S2/c1-5-31(28,29)24-18-16-14(9-25(19(16)27)11(3)13-6-7-13)8-15(23-18)17-10(2)21-20(30-17)22-12(4)26/h8,11,13H,5-7,9H2,1-4H3,(H,23,24)(H,21,22,26)/t11-/m1/s1. The van der Waals surface area contributed by atoms with E-state index in [0.29, 0.717) is 39.4 Å². The molecule has 2 amide bonds. The van der Waals surface area contributed by atoms with Gasteiger partial charge < -0.3 is 10.2 Å². The normalized spacial score (nSPS) is 16.9. The van der Waals surface area contributed by atoms with E-state index in [1.54, 1.807) is 11.8 Å². The minimum Gasteiger partial charge on any atom is -0.331 e. The third-order valence-electron chi connectivity index (χ3n) is 5.66. The zero-order chi connectivity index (χ0) is 22.5. The van der Waals surface area contributed by atoms with E-state index < -0.39 is 10.0 Å². The number of rotatable bonds is 7. The summed E-state index contributed by atoms with van der Waals surface area (Å²) in [6.07, 6.45) is 2.21. The van der Waals surface area contributed by atoms with Crippen LogP contribution in [0.15, 0.2) is 6.07 Å². The maximum absolute atomic E-state index is 13.2. The molecule has 2 N–H and O–H groups in total. The van der Waals surface area contributed by atoms with Crippen molar-refractivity contribution < 1.29 is 18.0 Å². The maximum Gasteiger partial charge on any atom is 0.258 e. The molecule has 0 spiro atoms. The van der Waals surface area contributed by atoms with Crippen molar-refractivity contribution in [2.24, 2.45) is 5.92 Å². The number of hydrogen-bond donors (Lipinski definition) is 2. The molecule has 1 aliphatic carbocycles. The van der Waals surface area contributed by atoms with Crippen molar-refractivity contribution >= 4 is 44.1 Å². The number of carbonyl (C=O) groups is 2. The average molecular weight is 464 g/mol. The molecule has 0 aromatic carbocycles. The van der Waals surface area contributed by atoms with Crippen LogP contribution in [0.1, 0.15) is 55.2 Å². The van der Waals surface area contributed by atoms with Crippen LogP contribution in [0.2, 0.25) is 0 Å². The fourth-order valence-corrected chi connectivity index (χ4v) is 5.33. The third-order valence-corrected chi connectivity index (χ3v) is 8.02. The van der Waals surface area contributed by atoms with E-state index in [1.807, 2.05) is 13.0 Å². The number of pyridine rings is 1. The zero-order valence-corrected chi connectivity index (χ0v) is 19.5. The Morgan fingerprint density at radius 1 is 1.35 bits per heavy atom. The van der Waals surface area contributed by atoms with Gasteiger partial charge in [0.1, 0.15) is 0 Å². The summed E-state index contributed by atoms with van der Waals surface area (Å²) in [5.74, 6) is -0.00339. The van der Waals surface area contributed by atoms with Crippen molar-refractivity contribution in [3.8, 4) is 10.6 Å². The minimum atomic E-state index is -3.63. The predicted molar refractivity (Wildman–Crippen MR) is 120 cm³/mol. The summed E-state index contributed by atoms with van der Waals surface area (Å²) >= 11 is 1.26. The van der Waals surface area contributed by atoms with Crippen LogP contribution in [0, 0.1) is 12.8 Å². The number of fused-ring (bicyclic) bond motifs is 1. The Morgan fingerprint density at radius 2 is 2.06 bits per heavy atom. The van der Waals surface area contributed by atoms with Crippen LogP contribution in [0.4, 0.5) is 10.9 Å². The van der Waals surface area contributed by atoms with Gasteiger partial charge in [0.15, 0.2) is 10.9 Å². The first-order valence-electron chi connectivity index (χ1n) is 10.2. The lowest BCUT2D eigenvalue weighted by Gasteiger charge is -2.24. The van der Waals surface area contributed by atoms with E-state index >= 15 is 0 Å². The van der Waals surface area contributed by atoms with Gasteiger partial charge in [-0.2, -0.15) is 0 Å². The van der Waals surface area contributed by atoms with Gasteiger partial charge >= 0.3 is 0 Å². The summed E-state index contributed by atoms with van der Waals surface area (Å²) in [4.78, 5) is 36.0. The fourth-order valence-electron chi connectivity index (χ4n) is 3.77. The maximum atomic E-state index is 13.2. The lowest BCUT2D eigenvalue weighted by molar-refractivity contribution is -0.114. The van der Waals surface area contributed by atoms with Gasteiger partial charge in [0, 0.05) is 19.5 Å². The molecule has 2 aliphatic rings.